The Hall–Kier alpha value is -2.73. The average Bonchev–Trinajstić information content (AvgIpc) is 2.74. The van der Waals surface area contributed by atoms with E-state index in [1.165, 1.54) is 0 Å². The molecule has 1 aliphatic rings. The van der Waals surface area contributed by atoms with Gasteiger partial charge in [-0.2, -0.15) is 0 Å². The first-order chi connectivity index (χ1) is 14.0. The van der Waals surface area contributed by atoms with Crippen LogP contribution in [-0.2, 0) is 4.79 Å². The monoisotopic (exact) mass is 416 g/mol. The lowest BCUT2D eigenvalue weighted by atomic mass is 10.0. The SMILES string of the molecule is CCOc1ccc(C(=O)N2CCC(NC(=O)COc3ccc(Cl)cc3)CC2)cc1. The van der Waals surface area contributed by atoms with E-state index in [1.807, 2.05) is 24.0 Å². The highest BCUT2D eigenvalue weighted by Crippen LogP contribution is 2.18. The second kappa shape index (κ2) is 10.2. The molecule has 2 amide bonds. The van der Waals surface area contributed by atoms with Gasteiger partial charge in [-0.1, -0.05) is 11.6 Å². The van der Waals surface area contributed by atoms with E-state index in [2.05, 4.69) is 5.32 Å². The fourth-order valence-electron chi connectivity index (χ4n) is 3.22. The van der Waals surface area contributed by atoms with E-state index in [0.717, 1.165) is 18.6 Å². The fourth-order valence-corrected chi connectivity index (χ4v) is 3.34. The molecule has 0 saturated carbocycles. The molecule has 2 aromatic carbocycles. The van der Waals surface area contributed by atoms with E-state index in [9.17, 15) is 9.59 Å². The van der Waals surface area contributed by atoms with Gasteiger partial charge in [-0.25, -0.2) is 0 Å². The van der Waals surface area contributed by atoms with Crippen molar-refractivity contribution in [1.82, 2.24) is 10.2 Å². The molecule has 1 N–H and O–H groups in total. The largest absolute Gasteiger partial charge is 0.494 e. The summed E-state index contributed by atoms with van der Waals surface area (Å²) in [5.74, 6) is 1.19. The number of carbonyl (C=O) groups is 2. The molecule has 0 unspecified atom stereocenters. The second-order valence-electron chi connectivity index (χ2n) is 6.83. The number of likely N-dealkylation sites (tertiary alicyclic amines) is 1. The Balaban J connectivity index is 1.41. The number of amides is 2. The van der Waals surface area contributed by atoms with Crippen LogP contribution in [0.25, 0.3) is 0 Å². The molecular formula is C22H25ClN2O4. The highest BCUT2D eigenvalue weighted by molar-refractivity contribution is 6.30. The van der Waals surface area contributed by atoms with Gasteiger partial charge in [0.1, 0.15) is 11.5 Å². The molecule has 0 radical (unpaired) electrons. The molecule has 6 nitrogen and oxygen atoms in total. The van der Waals surface area contributed by atoms with Gasteiger partial charge in [0.2, 0.25) is 0 Å². The van der Waals surface area contributed by atoms with E-state index in [1.54, 1.807) is 36.4 Å². The van der Waals surface area contributed by atoms with E-state index < -0.39 is 0 Å². The van der Waals surface area contributed by atoms with Crippen molar-refractivity contribution < 1.29 is 19.1 Å². The summed E-state index contributed by atoms with van der Waals surface area (Å²) in [6, 6.07) is 14.1. The van der Waals surface area contributed by atoms with Crippen LogP contribution in [-0.4, -0.2) is 49.1 Å². The van der Waals surface area contributed by atoms with E-state index in [-0.39, 0.29) is 24.5 Å². The predicted molar refractivity (Wildman–Crippen MR) is 112 cm³/mol. The second-order valence-corrected chi connectivity index (χ2v) is 7.27. The van der Waals surface area contributed by atoms with Crippen LogP contribution in [0.4, 0.5) is 0 Å². The molecule has 1 fully saturated rings. The highest BCUT2D eigenvalue weighted by Gasteiger charge is 2.24. The lowest BCUT2D eigenvalue weighted by Crippen LogP contribution is -2.47. The number of benzene rings is 2. The molecule has 0 bridgehead atoms. The molecule has 0 spiro atoms. The van der Waals surface area contributed by atoms with Crippen molar-refractivity contribution in [2.75, 3.05) is 26.3 Å². The summed E-state index contributed by atoms with van der Waals surface area (Å²) in [7, 11) is 0. The number of halogens is 1. The summed E-state index contributed by atoms with van der Waals surface area (Å²) >= 11 is 5.83. The van der Waals surface area contributed by atoms with Gasteiger partial charge in [-0.05, 0) is 68.3 Å². The van der Waals surface area contributed by atoms with Crippen LogP contribution in [0.5, 0.6) is 11.5 Å². The normalized spacial score (nSPS) is 14.3. The number of carbonyl (C=O) groups excluding carboxylic acids is 2. The van der Waals surface area contributed by atoms with Crippen molar-refractivity contribution in [3.8, 4) is 11.5 Å². The van der Waals surface area contributed by atoms with Crippen molar-refractivity contribution in [3.05, 3.63) is 59.1 Å². The Bertz CT molecular complexity index is 816. The first-order valence-corrected chi connectivity index (χ1v) is 10.1. The number of piperidine rings is 1. The Labute approximate surface area is 175 Å². The van der Waals surface area contributed by atoms with Crippen molar-refractivity contribution in [3.63, 3.8) is 0 Å². The van der Waals surface area contributed by atoms with Crippen LogP contribution in [0.1, 0.15) is 30.1 Å². The van der Waals surface area contributed by atoms with Gasteiger partial charge in [0.05, 0.1) is 6.61 Å². The lowest BCUT2D eigenvalue weighted by Gasteiger charge is -2.32. The summed E-state index contributed by atoms with van der Waals surface area (Å²) in [5.41, 5.74) is 0.646. The maximum Gasteiger partial charge on any atom is 0.258 e. The molecule has 1 aliphatic heterocycles. The molecule has 1 saturated heterocycles. The highest BCUT2D eigenvalue weighted by atomic mass is 35.5. The van der Waals surface area contributed by atoms with Crippen LogP contribution in [0.2, 0.25) is 5.02 Å². The summed E-state index contributed by atoms with van der Waals surface area (Å²) in [5, 5.41) is 3.60. The Morgan fingerprint density at radius 3 is 2.21 bits per heavy atom. The Morgan fingerprint density at radius 1 is 1.00 bits per heavy atom. The Morgan fingerprint density at radius 2 is 1.59 bits per heavy atom. The Kier molecular flexibility index (Phi) is 7.36. The van der Waals surface area contributed by atoms with Crippen molar-refractivity contribution >= 4 is 23.4 Å². The number of hydrogen-bond donors (Lipinski definition) is 1. The number of nitrogens with one attached hydrogen (secondary N) is 1. The third kappa shape index (κ3) is 6.12. The minimum Gasteiger partial charge on any atom is -0.494 e. The molecule has 0 aromatic heterocycles. The molecule has 29 heavy (non-hydrogen) atoms. The molecule has 0 atom stereocenters. The van der Waals surface area contributed by atoms with Gasteiger partial charge in [0.25, 0.3) is 11.8 Å². The van der Waals surface area contributed by atoms with Crippen molar-refractivity contribution in [1.29, 1.82) is 0 Å². The topological polar surface area (TPSA) is 67.9 Å². The van der Waals surface area contributed by atoms with E-state index >= 15 is 0 Å². The lowest BCUT2D eigenvalue weighted by molar-refractivity contribution is -0.124. The number of hydrogen-bond acceptors (Lipinski definition) is 4. The van der Waals surface area contributed by atoms with Crippen LogP contribution < -0.4 is 14.8 Å². The summed E-state index contributed by atoms with van der Waals surface area (Å²) < 4.78 is 10.9. The minimum absolute atomic E-state index is 0.00361. The standard InChI is InChI=1S/C22H25ClN2O4/c1-2-28-19-7-3-16(4-8-19)22(27)25-13-11-18(12-14-25)24-21(26)15-29-20-9-5-17(23)6-10-20/h3-10,18H,2,11-15H2,1H3,(H,24,26). The first-order valence-electron chi connectivity index (χ1n) is 9.75. The maximum atomic E-state index is 12.6. The number of ether oxygens (including phenoxy) is 2. The molecular weight excluding hydrogens is 392 g/mol. The first kappa shape index (κ1) is 21.0. The molecule has 7 heteroatoms. The molecule has 0 aliphatic carbocycles. The summed E-state index contributed by atoms with van der Waals surface area (Å²) in [6.45, 7) is 3.68. The smallest absolute Gasteiger partial charge is 0.258 e. The number of nitrogens with zero attached hydrogens (tertiary/aromatic N) is 1. The third-order valence-corrected chi connectivity index (χ3v) is 5.00. The fraction of sp³-hybridized carbons (Fsp3) is 0.364. The number of rotatable bonds is 7. The molecule has 2 aromatic rings. The van der Waals surface area contributed by atoms with Gasteiger partial charge in [-0.3, -0.25) is 9.59 Å². The van der Waals surface area contributed by atoms with Crippen LogP contribution in [0.15, 0.2) is 48.5 Å². The third-order valence-electron chi connectivity index (χ3n) is 4.74. The quantitative estimate of drug-likeness (QED) is 0.749. The summed E-state index contributed by atoms with van der Waals surface area (Å²) in [6.07, 6.45) is 1.44. The molecule has 154 valence electrons. The van der Waals surface area contributed by atoms with Crippen molar-refractivity contribution in [2.24, 2.45) is 0 Å². The zero-order valence-electron chi connectivity index (χ0n) is 16.4. The van der Waals surface area contributed by atoms with Crippen LogP contribution in [0, 0.1) is 0 Å². The van der Waals surface area contributed by atoms with E-state index in [4.69, 9.17) is 21.1 Å². The van der Waals surface area contributed by atoms with E-state index in [0.29, 0.717) is 36.0 Å². The van der Waals surface area contributed by atoms with Gasteiger partial charge < -0.3 is 19.7 Å². The molecule has 3 rings (SSSR count). The van der Waals surface area contributed by atoms with Gasteiger partial charge >= 0.3 is 0 Å². The van der Waals surface area contributed by atoms with Crippen LogP contribution in [0.3, 0.4) is 0 Å². The minimum atomic E-state index is -0.170. The molecule has 1 heterocycles. The predicted octanol–water partition coefficient (Wildman–Crippen LogP) is 3.54. The van der Waals surface area contributed by atoms with Crippen LogP contribution >= 0.6 is 11.6 Å². The van der Waals surface area contributed by atoms with Gasteiger partial charge in [0.15, 0.2) is 6.61 Å². The zero-order chi connectivity index (χ0) is 20.6. The van der Waals surface area contributed by atoms with Gasteiger partial charge in [-0.15, -0.1) is 0 Å². The zero-order valence-corrected chi connectivity index (χ0v) is 17.2. The average molecular weight is 417 g/mol. The van der Waals surface area contributed by atoms with Gasteiger partial charge in [0, 0.05) is 29.7 Å². The van der Waals surface area contributed by atoms with Crippen molar-refractivity contribution in [2.45, 2.75) is 25.8 Å². The maximum absolute atomic E-state index is 12.6. The summed E-state index contributed by atoms with van der Waals surface area (Å²) in [4.78, 5) is 26.6.